The van der Waals surface area contributed by atoms with Crippen molar-refractivity contribution in [3.8, 4) is 0 Å². The van der Waals surface area contributed by atoms with Gasteiger partial charge in [0, 0.05) is 6.54 Å². The molecule has 5 atom stereocenters. The Hall–Kier alpha value is -1.46. The second-order valence-corrected chi connectivity index (χ2v) is 6.49. The van der Waals surface area contributed by atoms with Gasteiger partial charge in [-0.15, -0.1) is 0 Å². The van der Waals surface area contributed by atoms with Crippen molar-refractivity contribution in [3.63, 3.8) is 0 Å². The van der Waals surface area contributed by atoms with Gasteiger partial charge in [-0.25, -0.2) is 4.79 Å². The standard InChI is InChI=1S/C14H26N2O8/c1-14(2,3)24-13(21)16-5-4-8(17)22-6-7-10(18)11(19)9(15)12(20)23-7/h7,9-12,18-20H,4-6,15H2,1-3H3,(H,16,21)/t7-,9-,10-,11-,12?/m1/s1. The van der Waals surface area contributed by atoms with E-state index >= 15 is 0 Å². The van der Waals surface area contributed by atoms with Gasteiger partial charge in [0.2, 0.25) is 0 Å². The summed E-state index contributed by atoms with van der Waals surface area (Å²) in [6.07, 6.45) is -6.13. The van der Waals surface area contributed by atoms with Gasteiger partial charge in [-0.3, -0.25) is 4.79 Å². The Balaban J connectivity index is 2.28. The zero-order valence-corrected chi connectivity index (χ0v) is 14.0. The molecule has 1 heterocycles. The fraction of sp³-hybridized carbons (Fsp3) is 0.857. The molecule has 1 amide bonds. The number of rotatable bonds is 5. The zero-order chi connectivity index (χ0) is 18.5. The van der Waals surface area contributed by atoms with Crippen molar-refractivity contribution in [2.75, 3.05) is 13.2 Å². The summed E-state index contributed by atoms with van der Waals surface area (Å²) in [5.41, 5.74) is 4.79. The summed E-state index contributed by atoms with van der Waals surface area (Å²) in [6, 6.07) is -1.15. The van der Waals surface area contributed by atoms with Crippen LogP contribution in [0.2, 0.25) is 0 Å². The lowest BCUT2D eigenvalue weighted by molar-refractivity contribution is -0.251. The van der Waals surface area contributed by atoms with Crippen LogP contribution >= 0.6 is 0 Å². The lowest BCUT2D eigenvalue weighted by Gasteiger charge is -2.38. The molecule has 6 N–H and O–H groups in total. The molecular weight excluding hydrogens is 324 g/mol. The number of esters is 1. The molecule has 0 spiro atoms. The molecule has 24 heavy (non-hydrogen) atoms. The molecule has 1 rings (SSSR count). The van der Waals surface area contributed by atoms with Crippen LogP contribution in [0.25, 0.3) is 0 Å². The Labute approximate surface area is 139 Å². The second kappa shape index (κ2) is 8.58. The molecule has 1 fully saturated rings. The Morgan fingerprint density at radius 2 is 1.83 bits per heavy atom. The van der Waals surface area contributed by atoms with Crippen molar-refractivity contribution >= 4 is 12.1 Å². The number of aliphatic hydroxyl groups is 3. The number of nitrogens with one attached hydrogen (secondary N) is 1. The van der Waals surface area contributed by atoms with Crippen molar-refractivity contribution in [1.82, 2.24) is 5.32 Å². The highest BCUT2D eigenvalue weighted by molar-refractivity contribution is 5.72. The Morgan fingerprint density at radius 3 is 2.42 bits per heavy atom. The molecule has 0 aliphatic carbocycles. The minimum Gasteiger partial charge on any atom is -0.463 e. The lowest BCUT2D eigenvalue weighted by atomic mass is 9.98. The normalized spacial score (nSPS) is 30.5. The predicted molar refractivity (Wildman–Crippen MR) is 80.7 cm³/mol. The first-order chi connectivity index (χ1) is 11.0. The number of ether oxygens (including phenoxy) is 3. The number of alkyl carbamates (subject to hydrolysis) is 1. The van der Waals surface area contributed by atoms with E-state index < -0.39 is 48.3 Å². The van der Waals surface area contributed by atoms with Gasteiger partial charge < -0.3 is 40.6 Å². The third-order valence-electron chi connectivity index (χ3n) is 3.17. The number of carbonyl (C=O) groups is 2. The maximum absolute atomic E-state index is 11.6. The van der Waals surface area contributed by atoms with Crippen LogP contribution in [0, 0.1) is 0 Å². The molecule has 1 unspecified atom stereocenters. The molecule has 0 aromatic rings. The summed E-state index contributed by atoms with van der Waals surface area (Å²) in [7, 11) is 0. The lowest BCUT2D eigenvalue weighted by Crippen LogP contribution is -2.62. The van der Waals surface area contributed by atoms with Gasteiger partial charge >= 0.3 is 12.1 Å². The number of nitrogens with two attached hydrogens (primary N) is 1. The molecule has 140 valence electrons. The van der Waals surface area contributed by atoms with Crippen molar-refractivity contribution in [3.05, 3.63) is 0 Å². The topological polar surface area (TPSA) is 161 Å². The number of hydrogen-bond acceptors (Lipinski definition) is 9. The van der Waals surface area contributed by atoms with Gasteiger partial charge in [-0.2, -0.15) is 0 Å². The smallest absolute Gasteiger partial charge is 0.407 e. The maximum Gasteiger partial charge on any atom is 0.407 e. The summed E-state index contributed by atoms with van der Waals surface area (Å²) >= 11 is 0. The van der Waals surface area contributed by atoms with E-state index in [4.69, 9.17) is 19.9 Å². The van der Waals surface area contributed by atoms with Gasteiger partial charge in [-0.05, 0) is 20.8 Å². The van der Waals surface area contributed by atoms with Crippen LogP contribution in [0.15, 0.2) is 0 Å². The molecule has 1 aliphatic rings. The van der Waals surface area contributed by atoms with E-state index in [1.807, 2.05) is 0 Å². The quantitative estimate of drug-likeness (QED) is 0.361. The summed E-state index contributed by atoms with van der Waals surface area (Å²) < 4.78 is 14.9. The van der Waals surface area contributed by atoms with E-state index in [1.54, 1.807) is 20.8 Å². The molecule has 0 saturated carbocycles. The zero-order valence-electron chi connectivity index (χ0n) is 14.0. The van der Waals surface area contributed by atoms with Crippen LogP contribution in [0.5, 0.6) is 0 Å². The first kappa shape index (κ1) is 20.6. The van der Waals surface area contributed by atoms with Gasteiger partial charge in [0.15, 0.2) is 6.29 Å². The van der Waals surface area contributed by atoms with Crippen molar-refractivity contribution in [2.24, 2.45) is 5.73 Å². The van der Waals surface area contributed by atoms with Crippen LogP contribution in [0.3, 0.4) is 0 Å². The van der Waals surface area contributed by atoms with E-state index in [1.165, 1.54) is 0 Å². The summed E-state index contributed by atoms with van der Waals surface area (Å²) in [4.78, 5) is 23.0. The van der Waals surface area contributed by atoms with Gasteiger partial charge in [0.1, 0.15) is 30.5 Å². The first-order valence-electron chi connectivity index (χ1n) is 7.59. The monoisotopic (exact) mass is 350 g/mol. The van der Waals surface area contributed by atoms with Crippen LogP contribution in [0.4, 0.5) is 4.79 Å². The van der Waals surface area contributed by atoms with Crippen LogP contribution < -0.4 is 11.1 Å². The van der Waals surface area contributed by atoms with Crippen molar-refractivity contribution in [2.45, 2.75) is 63.4 Å². The molecule has 10 nitrogen and oxygen atoms in total. The summed E-state index contributed by atoms with van der Waals surface area (Å²) in [5, 5.41) is 31.3. The number of carbonyl (C=O) groups excluding carboxylic acids is 2. The molecule has 10 heteroatoms. The van der Waals surface area contributed by atoms with Crippen LogP contribution in [0.1, 0.15) is 27.2 Å². The van der Waals surface area contributed by atoms with Gasteiger partial charge in [0.25, 0.3) is 0 Å². The second-order valence-electron chi connectivity index (χ2n) is 6.49. The Bertz CT molecular complexity index is 439. The van der Waals surface area contributed by atoms with Crippen LogP contribution in [-0.2, 0) is 19.0 Å². The molecular formula is C14H26N2O8. The molecule has 1 aliphatic heterocycles. The average Bonchev–Trinajstić information content (AvgIpc) is 2.45. The minimum atomic E-state index is -1.47. The Morgan fingerprint density at radius 1 is 1.21 bits per heavy atom. The highest BCUT2D eigenvalue weighted by Gasteiger charge is 2.42. The summed E-state index contributed by atoms with van der Waals surface area (Å²) in [5.74, 6) is -0.652. The van der Waals surface area contributed by atoms with E-state index in [0.29, 0.717) is 0 Å². The molecule has 1 saturated heterocycles. The minimum absolute atomic E-state index is 0.0119. The Kier molecular flexibility index (Phi) is 7.36. The highest BCUT2D eigenvalue weighted by Crippen LogP contribution is 2.18. The highest BCUT2D eigenvalue weighted by atomic mass is 16.6. The molecule has 0 aromatic carbocycles. The predicted octanol–water partition coefficient (Wildman–Crippen LogP) is -1.79. The fourth-order valence-corrected chi connectivity index (χ4v) is 1.93. The van der Waals surface area contributed by atoms with Gasteiger partial charge in [-0.1, -0.05) is 0 Å². The van der Waals surface area contributed by atoms with E-state index in [2.05, 4.69) is 5.32 Å². The summed E-state index contributed by atoms with van der Waals surface area (Å²) in [6.45, 7) is 4.78. The average molecular weight is 350 g/mol. The molecule has 0 radical (unpaired) electrons. The maximum atomic E-state index is 11.6. The number of amides is 1. The largest absolute Gasteiger partial charge is 0.463 e. The third-order valence-corrected chi connectivity index (χ3v) is 3.17. The molecule has 0 bridgehead atoms. The van der Waals surface area contributed by atoms with E-state index in [0.717, 1.165) is 0 Å². The van der Waals surface area contributed by atoms with E-state index in [-0.39, 0.29) is 19.6 Å². The SMILES string of the molecule is CC(C)(C)OC(=O)NCCC(=O)OC[C@H]1OC(O)[C@H](N)[C@@H](O)[C@@H]1O. The number of aliphatic hydroxyl groups excluding tert-OH is 3. The van der Waals surface area contributed by atoms with Crippen molar-refractivity contribution < 1.29 is 39.1 Å². The van der Waals surface area contributed by atoms with Crippen molar-refractivity contribution in [1.29, 1.82) is 0 Å². The van der Waals surface area contributed by atoms with Gasteiger partial charge in [0.05, 0.1) is 12.5 Å². The van der Waals surface area contributed by atoms with E-state index in [9.17, 15) is 24.9 Å². The first-order valence-corrected chi connectivity index (χ1v) is 7.59. The fourth-order valence-electron chi connectivity index (χ4n) is 1.93. The molecule has 0 aromatic heterocycles. The number of hydrogen-bond donors (Lipinski definition) is 5. The van der Waals surface area contributed by atoms with Crippen LogP contribution in [-0.4, -0.2) is 76.8 Å². The third kappa shape index (κ3) is 6.57.